The van der Waals surface area contributed by atoms with Crippen LogP contribution in [0.5, 0.6) is 0 Å². The quantitative estimate of drug-likeness (QED) is 0.555. The molecule has 0 spiro atoms. The molecule has 1 aliphatic carbocycles. The maximum atomic E-state index is 13.0. The summed E-state index contributed by atoms with van der Waals surface area (Å²) in [4.78, 5) is 38.7. The summed E-state index contributed by atoms with van der Waals surface area (Å²) in [7, 11) is 0. The molecule has 136 valence electrons. The summed E-state index contributed by atoms with van der Waals surface area (Å²) < 4.78 is 0. The van der Waals surface area contributed by atoms with Gasteiger partial charge in [-0.05, 0) is 58.5 Å². The van der Waals surface area contributed by atoms with E-state index in [1.807, 2.05) is 18.2 Å². The summed E-state index contributed by atoms with van der Waals surface area (Å²) in [6.45, 7) is 0. The number of rotatable bonds is 2. The van der Waals surface area contributed by atoms with Crippen molar-refractivity contribution >= 4 is 40.4 Å². The summed E-state index contributed by atoms with van der Waals surface area (Å²) in [6, 6.07) is 17.9. The van der Waals surface area contributed by atoms with Crippen molar-refractivity contribution in [2.24, 2.45) is 0 Å². The molecule has 0 saturated carbocycles. The third-order valence-electron chi connectivity index (χ3n) is 5.33. The number of barbiturate groups is 1. The number of benzene rings is 3. The molecule has 1 N–H and O–H groups in total. The van der Waals surface area contributed by atoms with Crippen LogP contribution in [0.25, 0.3) is 16.8 Å². The van der Waals surface area contributed by atoms with Crippen molar-refractivity contribution in [1.82, 2.24) is 5.32 Å². The number of nitrogens with zero attached hydrogens (tertiary/aromatic N) is 1. The fourth-order valence-corrected chi connectivity index (χ4v) is 4.02. The second-order valence-electron chi connectivity index (χ2n) is 6.95. The molecule has 0 atom stereocenters. The number of aryl methyl sites for hydroxylation is 2. The first-order valence-electron chi connectivity index (χ1n) is 9.13. The largest absolute Gasteiger partial charge is 0.335 e. The Morgan fingerprint density at radius 1 is 0.821 bits per heavy atom. The number of carbonyl (C=O) groups is 3. The molecule has 3 aromatic carbocycles. The topological polar surface area (TPSA) is 66.5 Å². The van der Waals surface area contributed by atoms with Crippen LogP contribution in [0.4, 0.5) is 10.5 Å². The minimum atomic E-state index is -0.737. The minimum absolute atomic E-state index is 0.0536. The van der Waals surface area contributed by atoms with Crippen molar-refractivity contribution in [1.29, 1.82) is 0 Å². The molecule has 5 nitrogen and oxygen atoms in total. The predicted octanol–water partition coefficient (Wildman–Crippen LogP) is 3.60. The highest BCUT2D eigenvalue weighted by atomic mass is 16.2. The molecule has 0 aromatic heterocycles. The van der Waals surface area contributed by atoms with Gasteiger partial charge in [-0.2, -0.15) is 0 Å². The van der Waals surface area contributed by atoms with Crippen LogP contribution in [-0.2, 0) is 22.4 Å². The van der Waals surface area contributed by atoms with Crippen molar-refractivity contribution in [3.63, 3.8) is 0 Å². The lowest BCUT2D eigenvalue weighted by Gasteiger charge is -2.26. The van der Waals surface area contributed by atoms with E-state index in [0.717, 1.165) is 28.7 Å². The highest BCUT2D eigenvalue weighted by Crippen LogP contribution is 2.34. The number of urea groups is 1. The van der Waals surface area contributed by atoms with E-state index in [9.17, 15) is 14.4 Å². The average Bonchev–Trinajstić information content (AvgIpc) is 3.12. The molecular formula is C23H16N2O3. The monoisotopic (exact) mass is 368 g/mol. The zero-order valence-corrected chi connectivity index (χ0v) is 14.9. The van der Waals surface area contributed by atoms with Crippen molar-refractivity contribution in [3.05, 3.63) is 82.9 Å². The molecule has 28 heavy (non-hydrogen) atoms. The van der Waals surface area contributed by atoms with E-state index >= 15 is 0 Å². The second-order valence-corrected chi connectivity index (χ2v) is 6.95. The predicted molar refractivity (Wildman–Crippen MR) is 107 cm³/mol. The molecule has 1 heterocycles. The zero-order valence-electron chi connectivity index (χ0n) is 14.9. The number of hydrogen-bond donors (Lipinski definition) is 1. The van der Waals surface area contributed by atoms with Crippen LogP contribution in [0.15, 0.2) is 66.2 Å². The van der Waals surface area contributed by atoms with Crippen molar-refractivity contribution < 1.29 is 14.4 Å². The van der Waals surface area contributed by atoms with Crippen LogP contribution in [0, 0.1) is 0 Å². The third kappa shape index (κ3) is 2.44. The Kier molecular flexibility index (Phi) is 3.62. The lowest BCUT2D eigenvalue weighted by molar-refractivity contribution is -0.122. The highest BCUT2D eigenvalue weighted by molar-refractivity contribution is 6.39. The Hall–Kier alpha value is -3.73. The lowest BCUT2D eigenvalue weighted by Crippen LogP contribution is -2.54. The minimum Gasteiger partial charge on any atom is -0.273 e. The van der Waals surface area contributed by atoms with E-state index in [1.165, 1.54) is 16.5 Å². The molecular weight excluding hydrogens is 352 g/mol. The third-order valence-corrected chi connectivity index (χ3v) is 5.33. The number of hydrogen-bond acceptors (Lipinski definition) is 3. The Morgan fingerprint density at radius 3 is 2.36 bits per heavy atom. The van der Waals surface area contributed by atoms with Gasteiger partial charge in [-0.1, -0.05) is 48.5 Å². The van der Waals surface area contributed by atoms with Crippen LogP contribution in [-0.4, -0.2) is 17.8 Å². The van der Waals surface area contributed by atoms with E-state index in [4.69, 9.17) is 0 Å². The number of amides is 4. The SMILES string of the molecule is O=C1NC(=O)N(c2ccccc2)C(=O)C1=Cc1ccc2c3c(cccc13)CC2. The van der Waals surface area contributed by atoms with Crippen LogP contribution < -0.4 is 10.2 Å². The summed E-state index contributed by atoms with van der Waals surface area (Å²) in [5.74, 6) is -1.30. The van der Waals surface area contributed by atoms with E-state index in [1.54, 1.807) is 36.4 Å². The van der Waals surface area contributed by atoms with E-state index in [-0.39, 0.29) is 5.57 Å². The van der Waals surface area contributed by atoms with Gasteiger partial charge in [-0.3, -0.25) is 14.9 Å². The zero-order chi connectivity index (χ0) is 19.3. The molecule has 3 aromatic rings. The second kappa shape index (κ2) is 6.16. The summed E-state index contributed by atoms with van der Waals surface area (Å²) in [5, 5.41) is 4.49. The van der Waals surface area contributed by atoms with Gasteiger partial charge in [0.1, 0.15) is 5.57 Å². The number of para-hydroxylation sites is 1. The average molecular weight is 368 g/mol. The molecule has 5 heteroatoms. The molecule has 1 aliphatic heterocycles. The van der Waals surface area contributed by atoms with Crippen LogP contribution in [0.3, 0.4) is 0 Å². The number of nitrogens with one attached hydrogen (secondary N) is 1. The summed E-state index contributed by atoms with van der Waals surface area (Å²) in [6.07, 6.45) is 3.59. The molecule has 0 radical (unpaired) electrons. The Labute approximate surface area is 161 Å². The number of imide groups is 2. The maximum absolute atomic E-state index is 13.0. The molecule has 1 fully saturated rings. The van der Waals surface area contributed by atoms with Crippen LogP contribution in [0.1, 0.15) is 16.7 Å². The van der Waals surface area contributed by atoms with Crippen LogP contribution >= 0.6 is 0 Å². The lowest BCUT2D eigenvalue weighted by atomic mass is 9.97. The van der Waals surface area contributed by atoms with Gasteiger partial charge < -0.3 is 0 Å². The fourth-order valence-electron chi connectivity index (χ4n) is 4.02. The van der Waals surface area contributed by atoms with Gasteiger partial charge >= 0.3 is 6.03 Å². The maximum Gasteiger partial charge on any atom is 0.335 e. The van der Waals surface area contributed by atoms with E-state index in [0.29, 0.717) is 5.69 Å². The van der Waals surface area contributed by atoms with Crippen molar-refractivity contribution in [2.45, 2.75) is 12.8 Å². The first-order chi connectivity index (χ1) is 13.6. The number of anilines is 1. The fraction of sp³-hybridized carbons (Fsp3) is 0.0870. The molecule has 2 aliphatic rings. The van der Waals surface area contributed by atoms with Gasteiger partial charge in [0.25, 0.3) is 11.8 Å². The van der Waals surface area contributed by atoms with Crippen molar-refractivity contribution in [3.8, 4) is 0 Å². The van der Waals surface area contributed by atoms with Gasteiger partial charge in [0.15, 0.2) is 0 Å². The number of carbonyl (C=O) groups excluding carboxylic acids is 3. The Balaban J connectivity index is 1.64. The standard InChI is InChI=1S/C23H16N2O3/c26-21-19(22(27)25(23(28)24-21)17-6-2-1-3-7-17)13-16-12-11-15-10-9-14-5-4-8-18(16)20(14)15/h1-8,11-13H,9-10H2,(H,24,26,28). The normalized spacial score (nSPS) is 17.5. The van der Waals surface area contributed by atoms with Gasteiger partial charge in [0.05, 0.1) is 5.69 Å². The van der Waals surface area contributed by atoms with E-state index in [2.05, 4.69) is 17.4 Å². The molecule has 0 bridgehead atoms. The van der Waals surface area contributed by atoms with Gasteiger partial charge in [-0.25, -0.2) is 9.69 Å². The first-order valence-corrected chi connectivity index (χ1v) is 9.13. The molecule has 1 saturated heterocycles. The van der Waals surface area contributed by atoms with Crippen molar-refractivity contribution in [2.75, 3.05) is 4.90 Å². The summed E-state index contributed by atoms with van der Waals surface area (Å²) in [5.41, 5.74) is 3.73. The molecule has 4 amide bonds. The van der Waals surface area contributed by atoms with Gasteiger partial charge in [-0.15, -0.1) is 0 Å². The van der Waals surface area contributed by atoms with E-state index < -0.39 is 17.8 Å². The summed E-state index contributed by atoms with van der Waals surface area (Å²) >= 11 is 0. The molecule has 5 rings (SSSR count). The first kappa shape index (κ1) is 16.4. The Bertz CT molecular complexity index is 1180. The highest BCUT2D eigenvalue weighted by Gasteiger charge is 2.36. The van der Waals surface area contributed by atoms with Crippen LogP contribution in [0.2, 0.25) is 0 Å². The smallest absolute Gasteiger partial charge is 0.273 e. The Morgan fingerprint density at radius 2 is 1.57 bits per heavy atom. The van der Waals surface area contributed by atoms with Gasteiger partial charge in [0.2, 0.25) is 0 Å². The van der Waals surface area contributed by atoms with Gasteiger partial charge in [0, 0.05) is 0 Å². The molecule has 0 unspecified atom stereocenters.